The highest BCUT2D eigenvalue weighted by Gasteiger charge is 2.22. The van der Waals surface area contributed by atoms with Gasteiger partial charge in [-0.3, -0.25) is 0 Å². The molecule has 172 valence electrons. The van der Waals surface area contributed by atoms with Crippen molar-refractivity contribution in [2.75, 3.05) is 13.2 Å². The number of ether oxygens (including phenoxy) is 2. The van der Waals surface area contributed by atoms with Crippen LogP contribution in [0.5, 0.6) is 23.0 Å². The van der Waals surface area contributed by atoms with E-state index in [9.17, 15) is 10.2 Å². The Labute approximate surface area is 200 Å². The Bertz CT molecular complexity index is 1140. The zero-order chi connectivity index (χ0) is 23.3. The molecule has 34 heavy (non-hydrogen) atoms. The molecule has 4 heteroatoms. The van der Waals surface area contributed by atoms with Crippen molar-refractivity contribution in [1.82, 2.24) is 0 Å². The molecular formula is C30H28O4. The van der Waals surface area contributed by atoms with Crippen molar-refractivity contribution >= 4 is 0 Å². The first-order valence-electron chi connectivity index (χ1n) is 11.6. The minimum absolute atomic E-state index is 0.266. The van der Waals surface area contributed by atoms with Crippen LogP contribution in [0, 0.1) is 0 Å². The van der Waals surface area contributed by atoms with Crippen molar-refractivity contribution in [3.8, 4) is 23.0 Å². The molecular weight excluding hydrogens is 424 g/mol. The van der Waals surface area contributed by atoms with Crippen LogP contribution < -0.4 is 9.47 Å². The van der Waals surface area contributed by atoms with Crippen LogP contribution in [0.3, 0.4) is 0 Å². The van der Waals surface area contributed by atoms with E-state index in [2.05, 4.69) is 48.5 Å². The third-order valence-electron chi connectivity index (χ3n) is 6.46. The van der Waals surface area contributed by atoms with Gasteiger partial charge in [0.25, 0.3) is 0 Å². The summed E-state index contributed by atoms with van der Waals surface area (Å²) in [6, 6.07) is 31.5. The van der Waals surface area contributed by atoms with E-state index < -0.39 is 0 Å². The third kappa shape index (κ3) is 5.01. The van der Waals surface area contributed by atoms with Crippen molar-refractivity contribution < 1.29 is 19.7 Å². The van der Waals surface area contributed by atoms with Crippen molar-refractivity contribution in [1.29, 1.82) is 0 Å². The Morgan fingerprint density at radius 2 is 0.941 bits per heavy atom. The molecule has 0 aromatic heterocycles. The number of phenols is 2. The summed E-state index contributed by atoms with van der Waals surface area (Å²) in [5.41, 5.74) is 4.96. The summed E-state index contributed by atoms with van der Waals surface area (Å²) >= 11 is 0. The van der Waals surface area contributed by atoms with Gasteiger partial charge in [-0.15, -0.1) is 0 Å². The van der Waals surface area contributed by atoms with E-state index in [0.29, 0.717) is 25.0 Å². The SMILES string of the molecule is Oc1ccc2c(c1)OCC(c1ccccc1)C2.Oc1ccc2c(c1)OCC(c1ccccc1)C2. The molecule has 2 N–H and O–H groups in total. The molecule has 0 radical (unpaired) electrons. The van der Waals surface area contributed by atoms with E-state index >= 15 is 0 Å². The highest BCUT2D eigenvalue weighted by atomic mass is 16.5. The predicted molar refractivity (Wildman–Crippen MR) is 133 cm³/mol. The van der Waals surface area contributed by atoms with Gasteiger partial charge in [0.1, 0.15) is 23.0 Å². The van der Waals surface area contributed by atoms with Crippen LogP contribution in [0.1, 0.15) is 34.1 Å². The standard InChI is InChI=1S/2C15H14O2/c2*16-14-7-6-12-8-13(10-17-15(12)9-14)11-4-2-1-3-5-11/h2*1-7,9,13,16H,8,10H2. The summed E-state index contributed by atoms with van der Waals surface area (Å²) in [5, 5.41) is 18.8. The Hall–Kier alpha value is -3.92. The summed E-state index contributed by atoms with van der Waals surface area (Å²) in [7, 11) is 0. The van der Waals surface area contributed by atoms with Gasteiger partial charge in [-0.25, -0.2) is 0 Å². The lowest BCUT2D eigenvalue weighted by Gasteiger charge is -2.25. The zero-order valence-electron chi connectivity index (χ0n) is 18.9. The smallest absolute Gasteiger partial charge is 0.126 e. The molecule has 2 atom stereocenters. The third-order valence-corrected chi connectivity index (χ3v) is 6.46. The van der Waals surface area contributed by atoms with Crippen LogP contribution in [0.2, 0.25) is 0 Å². The molecule has 0 aliphatic carbocycles. The fourth-order valence-electron chi connectivity index (χ4n) is 4.60. The fourth-order valence-corrected chi connectivity index (χ4v) is 4.60. The highest BCUT2D eigenvalue weighted by Crippen LogP contribution is 2.35. The number of aromatic hydroxyl groups is 2. The second-order valence-corrected chi connectivity index (χ2v) is 8.83. The predicted octanol–water partition coefficient (Wildman–Crippen LogP) is 6.22. The highest BCUT2D eigenvalue weighted by molar-refractivity contribution is 5.44. The monoisotopic (exact) mass is 452 g/mol. The molecule has 4 nitrogen and oxygen atoms in total. The van der Waals surface area contributed by atoms with Crippen LogP contribution in [0.15, 0.2) is 97.1 Å². The molecule has 0 spiro atoms. The van der Waals surface area contributed by atoms with Crippen molar-refractivity contribution in [2.45, 2.75) is 24.7 Å². The summed E-state index contributed by atoms with van der Waals surface area (Å²) in [6.07, 6.45) is 1.94. The van der Waals surface area contributed by atoms with E-state index in [-0.39, 0.29) is 11.5 Å². The molecule has 2 aliphatic heterocycles. The molecule has 4 aromatic rings. The Morgan fingerprint density at radius 1 is 0.529 bits per heavy atom. The van der Waals surface area contributed by atoms with Gasteiger partial charge >= 0.3 is 0 Å². The maximum absolute atomic E-state index is 9.39. The lowest BCUT2D eigenvalue weighted by atomic mass is 9.90. The zero-order valence-corrected chi connectivity index (χ0v) is 18.9. The molecule has 0 amide bonds. The van der Waals surface area contributed by atoms with E-state index in [1.54, 1.807) is 24.3 Å². The number of benzene rings is 4. The van der Waals surface area contributed by atoms with Crippen LogP contribution >= 0.6 is 0 Å². The van der Waals surface area contributed by atoms with E-state index in [1.165, 1.54) is 22.3 Å². The average Bonchev–Trinajstić information content (AvgIpc) is 2.89. The molecule has 2 unspecified atom stereocenters. The number of fused-ring (bicyclic) bond motifs is 2. The Morgan fingerprint density at radius 3 is 1.35 bits per heavy atom. The van der Waals surface area contributed by atoms with Gasteiger partial charge in [-0.1, -0.05) is 72.8 Å². The molecule has 2 heterocycles. The number of hydrogen-bond acceptors (Lipinski definition) is 4. The second-order valence-electron chi connectivity index (χ2n) is 8.83. The molecule has 2 aliphatic rings. The van der Waals surface area contributed by atoms with Crippen LogP contribution in [-0.4, -0.2) is 23.4 Å². The van der Waals surface area contributed by atoms with Gasteiger partial charge in [0.2, 0.25) is 0 Å². The van der Waals surface area contributed by atoms with Gasteiger partial charge < -0.3 is 19.7 Å². The van der Waals surface area contributed by atoms with Gasteiger partial charge in [0, 0.05) is 24.0 Å². The van der Waals surface area contributed by atoms with Crippen molar-refractivity contribution in [2.24, 2.45) is 0 Å². The normalized spacial score (nSPS) is 18.2. The number of rotatable bonds is 2. The summed E-state index contributed by atoms with van der Waals surface area (Å²) in [5.74, 6) is 2.99. The first kappa shape index (κ1) is 21.9. The minimum Gasteiger partial charge on any atom is -0.508 e. The van der Waals surface area contributed by atoms with E-state index in [0.717, 1.165) is 24.3 Å². The van der Waals surface area contributed by atoms with Gasteiger partial charge in [-0.2, -0.15) is 0 Å². The lowest BCUT2D eigenvalue weighted by Crippen LogP contribution is -2.18. The molecule has 0 saturated heterocycles. The molecule has 6 rings (SSSR count). The molecule has 4 aromatic carbocycles. The Kier molecular flexibility index (Phi) is 6.39. The minimum atomic E-state index is 0.266. The van der Waals surface area contributed by atoms with Gasteiger partial charge in [0.15, 0.2) is 0 Å². The topological polar surface area (TPSA) is 58.9 Å². The van der Waals surface area contributed by atoms with Crippen LogP contribution in [0.4, 0.5) is 0 Å². The summed E-state index contributed by atoms with van der Waals surface area (Å²) in [6.45, 7) is 1.36. The van der Waals surface area contributed by atoms with Crippen molar-refractivity contribution in [3.63, 3.8) is 0 Å². The summed E-state index contributed by atoms with van der Waals surface area (Å²) < 4.78 is 11.4. The second kappa shape index (κ2) is 9.92. The van der Waals surface area contributed by atoms with Crippen molar-refractivity contribution in [3.05, 3.63) is 119 Å². The first-order valence-corrected chi connectivity index (χ1v) is 11.6. The van der Waals surface area contributed by atoms with Crippen LogP contribution in [-0.2, 0) is 12.8 Å². The number of hydrogen-bond donors (Lipinski definition) is 2. The Balaban J connectivity index is 0.000000142. The molecule has 0 bridgehead atoms. The van der Waals surface area contributed by atoms with Crippen LogP contribution in [0.25, 0.3) is 0 Å². The molecule has 0 saturated carbocycles. The average molecular weight is 453 g/mol. The lowest BCUT2D eigenvalue weighted by molar-refractivity contribution is 0.261. The quantitative estimate of drug-likeness (QED) is 0.379. The van der Waals surface area contributed by atoms with Gasteiger partial charge in [-0.05, 0) is 47.2 Å². The maximum Gasteiger partial charge on any atom is 0.126 e. The first-order chi connectivity index (χ1) is 16.7. The fraction of sp³-hybridized carbons (Fsp3) is 0.200. The van der Waals surface area contributed by atoms with Gasteiger partial charge in [0.05, 0.1) is 13.2 Å². The van der Waals surface area contributed by atoms with E-state index in [1.807, 2.05) is 24.3 Å². The van der Waals surface area contributed by atoms with E-state index in [4.69, 9.17) is 9.47 Å². The largest absolute Gasteiger partial charge is 0.508 e. The number of phenolic OH excluding ortho intramolecular Hbond substituents is 2. The maximum atomic E-state index is 9.39. The molecule has 0 fully saturated rings. The summed E-state index contributed by atoms with van der Waals surface area (Å²) in [4.78, 5) is 0.